The van der Waals surface area contributed by atoms with E-state index in [1.807, 2.05) is 65.0 Å². The van der Waals surface area contributed by atoms with Crippen LogP contribution in [0.1, 0.15) is 55.5 Å². The summed E-state index contributed by atoms with van der Waals surface area (Å²) in [5, 5.41) is 11.5. The number of benzene rings is 3. The van der Waals surface area contributed by atoms with E-state index in [0.29, 0.717) is 5.56 Å². The van der Waals surface area contributed by atoms with Crippen LogP contribution in [0.25, 0.3) is 22.0 Å². The molecule has 1 aliphatic rings. The highest BCUT2D eigenvalue weighted by atomic mass is 32.2. The topological polar surface area (TPSA) is 80.7 Å². The average molecular weight is 543 g/mol. The maximum atomic E-state index is 12.7. The summed E-state index contributed by atoms with van der Waals surface area (Å²) >= 11 is 1.49. The number of nitrogens with one attached hydrogen (secondary N) is 1. The second-order valence-electron chi connectivity index (χ2n) is 10.9. The molecule has 1 aromatic heterocycles. The van der Waals surface area contributed by atoms with Crippen molar-refractivity contribution in [3.63, 3.8) is 0 Å². The molecule has 1 aliphatic heterocycles. The predicted molar refractivity (Wildman–Crippen MR) is 158 cm³/mol. The van der Waals surface area contributed by atoms with E-state index in [1.54, 1.807) is 6.20 Å². The summed E-state index contributed by atoms with van der Waals surface area (Å²) in [7, 11) is 0. The quantitative estimate of drug-likeness (QED) is 0.230. The molecule has 1 atom stereocenters. The van der Waals surface area contributed by atoms with Crippen molar-refractivity contribution in [1.29, 1.82) is 0 Å². The van der Waals surface area contributed by atoms with Crippen LogP contribution in [0.3, 0.4) is 0 Å². The number of rotatable bonds is 7. The van der Waals surface area contributed by atoms with Gasteiger partial charge in [0, 0.05) is 27.7 Å². The van der Waals surface area contributed by atoms with Gasteiger partial charge >= 0.3 is 5.97 Å². The lowest BCUT2D eigenvalue weighted by atomic mass is 9.86. The molecule has 5 rings (SSSR count). The Morgan fingerprint density at radius 3 is 2.72 bits per heavy atom. The van der Waals surface area contributed by atoms with E-state index in [2.05, 4.69) is 34.0 Å². The number of ether oxygens (including phenoxy) is 2. The van der Waals surface area contributed by atoms with Gasteiger partial charge in [-0.05, 0) is 124 Å². The van der Waals surface area contributed by atoms with Crippen molar-refractivity contribution in [2.24, 2.45) is 0 Å². The minimum absolute atomic E-state index is 0.654. The fourth-order valence-corrected chi connectivity index (χ4v) is 6.00. The SMILES string of the molecule is Cc1cc(NSc2cccc3ncccc23)c(C)c(C(OC(C)(C)C)C(=O)O)c1-c1ccc2c(c1)CCCO2. The summed E-state index contributed by atoms with van der Waals surface area (Å²) in [5.74, 6) is -0.110. The van der Waals surface area contributed by atoms with Crippen molar-refractivity contribution in [3.8, 4) is 16.9 Å². The number of carboxylic acid groups (broad SMARTS) is 1. The molecule has 39 heavy (non-hydrogen) atoms. The van der Waals surface area contributed by atoms with E-state index in [9.17, 15) is 9.90 Å². The van der Waals surface area contributed by atoms with E-state index in [-0.39, 0.29) is 0 Å². The summed E-state index contributed by atoms with van der Waals surface area (Å²) in [6.45, 7) is 10.4. The molecular formula is C32H34N2O4S. The van der Waals surface area contributed by atoms with Crippen LogP contribution in [-0.4, -0.2) is 28.3 Å². The second kappa shape index (κ2) is 10.9. The van der Waals surface area contributed by atoms with E-state index in [0.717, 1.165) is 74.5 Å². The lowest BCUT2D eigenvalue weighted by Gasteiger charge is -2.30. The molecule has 0 saturated carbocycles. The molecule has 0 aliphatic carbocycles. The normalized spacial score (nSPS) is 14.0. The van der Waals surface area contributed by atoms with Crippen LogP contribution >= 0.6 is 11.9 Å². The van der Waals surface area contributed by atoms with Gasteiger partial charge in [-0.1, -0.05) is 18.2 Å². The minimum atomic E-state index is -1.14. The molecule has 0 saturated heterocycles. The maximum Gasteiger partial charge on any atom is 0.337 e. The molecule has 2 heterocycles. The molecule has 0 amide bonds. The highest BCUT2D eigenvalue weighted by molar-refractivity contribution is 8.00. The Bertz CT molecular complexity index is 1540. The van der Waals surface area contributed by atoms with Crippen molar-refractivity contribution < 1.29 is 19.4 Å². The number of anilines is 1. The first-order valence-corrected chi connectivity index (χ1v) is 14.0. The number of hydrogen-bond donors (Lipinski definition) is 2. The molecule has 0 radical (unpaired) electrons. The number of aryl methyl sites for hydroxylation is 2. The smallest absolute Gasteiger partial charge is 0.337 e. The number of carbonyl (C=O) groups is 1. The van der Waals surface area contributed by atoms with Crippen LogP contribution in [0.5, 0.6) is 5.75 Å². The van der Waals surface area contributed by atoms with Crippen LogP contribution in [0.2, 0.25) is 0 Å². The monoisotopic (exact) mass is 542 g/mol. The Morgan fingerprint density at radius 1 is 1.13 bits per heavy atom. The number of nitrogens with zero attached hydrogens (tertiary/aromatic N) is 1. The molecule has 0 bridgehead atoms. The fraction of sp³-hybridized carbons (Fsp3) is 0.312. The fourth-order valence-electron chi connectivity index (χ4n) is 5.14. The summed E-state index contributed by atoms with van der Waals surface area (Å²) in [6.07, 6.45) is 2.56. The Kier molecular flexibility index (Phi) is 7.56. The van der Waals surface area contributed by atoms with Gasteiger partial charge in [-0.3, -0.25) is 4.98 Å². The van der Waals surface area contributed by atoms with Gasteiger partial charge in [-0.25, -0.2) is 4.79 Å². The molecule has 3 aromatic carbocycles. The number of aliphatic carboxylic acids is 1. The van der Waals surface area contributed by atoms with E-state index in [1.165, 1.54) is 11.9 Å². The summed E-state index contributed by atoms with van der Waals surface area (Å²) in [6, 6.07) is 18.3. The van der Waals surface area contributed by atoms with Crippen LogP contribution < -0.4 is 9.46 Å². The zero-order valence-electron chi connectivity index (χ0n) is 23.0. The van der Waals surface area contributed by atoms with Gasteiger partial charge in [0.05, 0.1) is 17.7 Å². The third kappa shape index (κ3) is 5.75. The largest absolute Gasteiger partial charge is 0.493 e. The summed E-state index contributed by atoms with van der Waals surface area (Å²) < 4.78 is 15.6. The molecule has 4 aromatic rings. The van der Waals surface area contributed by atoms with Gasteiger partial charge in [0.25, 0.3) is 0 Å². The second-order valence-corrected chi connectivity index (χ2v) is 11.8. The van der Waals surface area contributed by atoms with Gasteiger partial charge in [-0.2, -0.15) is 0 Å². The molecule has 0 fully saturated rings. The van der Waals surface area contributed by atoms with Gasteiger partial charge in [0.1, 0.15) is 5.75 Å². The standard InChI is InChI=1S/C32H34N2O4S/c1-19-17-25(34-39-27-12-6-11-24-23(27)10-7-15-33-24)20(2)29(30(31(35)36)38-32(3,4)5)28(19)22-13-14-26-21(18-22)9-8-16-37-26/h6-7,10-15,17-18,30,34H,8-9,16H2,1-5H3,(H,35,36). The van der Waals surface area contributed by atoms with Gasteiger partial charge in [-0.15, -0.1) is 0 Å². The number of pyridine rings is 1. The van der Waals surface area contributed by atoms with Crippen molar-refractivity contribution in [3.05, 3.63) is 83.0 Å². The first-order valence-electron chi connectivity index (χ1n) is 13.2. The van der Waals surface area contributed by atoms with Crippen molar-refractivity contribution in [2.45, 2.75) is 64.1 Å². The maximum absolute atomic E-state index is 12.7. The number of aromatic nitrogens is 1. The molecule has 1 unspecified atom stereocenters. The first-order chi connectivity index (χ1) is 18.6. The average Bonchev–Trinajstić information content (AvgIpc) is 2.91. The molecule has 2 N–H and O–H groups in total. The molecule has 6 nitrogen and oxygen atoms in total. The summed E-state index contributed by atoms with van der Waals surface area (Å²) in [5.41, 5.74) is 6.60. The minimum Gasteiger partial charge on any atom is -0.493 e. The number of hydrogen-bond acceptors (Lipinski definition) is 6. The van der Waals surface area contributed by atoms with Crippen LogP contribution in [-0.2, 0) is 16.0 Å². The van der Waals surface area contributed by atoms with Crippen molar-refractivity contribution in [2.75, 3.05) is 11.3 Å². The third-order valence-corrected chi connectivity index (χ3v) is 7.76. The highest BCUT2D eigenvalue weighted by Gasteiger charge is 2.32. The first kappa shape index (κ1) is 27.0. The Hall–Kier alpha value is -3.55. The lowest BCUT2D eigenvalue weighted by molar-refractivity contribution is -0.160. The molecule has 0 spiro atoms. The highest BCUT2D eigenvalue weighted by Crippen LogP contribution is 2.43. The number of carboxylic acids is 1. The predicted octanol–water partition coefficient (Wildman–Crippen LogP) is 7.90. The van der Waals surface area contributed by atoms with Crippen molar-refractivity contribution in [1.82, 2.24) is 4.98 Å². The van der Waals surface area contributed by atoms with Crippen molar-refractivity contribution >= 4 is 34.5 Å². The summed E-state index contributed by atoms with van der Waals surface area (Å²) in [4.78, 5) is 18.2. The molecular weight excluding hydrogens is 508 g/mol. The Balaban J connectivity index is 1.62. The van der Waals surface area contributed by atoms with Crippen LogP contribution in [0.15, 0.2) is 65.7 Å². The van der Waals surface area contributed by atoms with Crippen LogP contribution in [0, 0.1) is 13.8 Å². The van der Waals surface area contributed by atoms with E-state index >= 15 is 0 Å². The lowest BCUT2D eigenvalue weighted by Crippen LogP contribution is -2.28. The van der Waals surface area contributed by atoms with Gasteiger partial charge < -0.3 is 19.3 Å². The zero-order valence-corrected chi connectivity index (χ0v) is 23.8. The van der Waals surface area contributed by atoms with Gasteiger partial charge in [0.2, 0.25) is 0 Å². The third-order valence-electron chi connectivity index (χ3n) is 6.86. The Labute approximate surface area is 233 Å². The Morgan fingerprint density at radius 2 is 1.95 bits per heavy atom. The number of fused-ring (bicyclic) bond motifs is 2. The van der Waals surface area contributed by atoms with Crippen LogP contribution in [0.4, 0.5) is 5.69 Å². The van der Waals surface area contributed by atoms with Gasteiger partial charge in [0.15, 0.2) is 6.10 Å². The zero-order chi connectivity index (χ0) is 27.7. The van der Waals surface area contributed by atoms with E-state index in [4.69, 9.17) is 9.47 Å². The molecule has 202 valence electrons. The molecule has 7 heteroatoms. The van der Waals surface area contributed by atoms with E-state index < -0.39 is 17.7 Å².